The standard InChI is InChI=1S/C45H44ClF4N5O5/c1-25-19-34-37-39(51-42(46)52-41(37)54-23-29-11-12-30(24-54)55(29)43(56)60-44(2,3)4)38(47)36(40(34)59-25)33-20-28(13-18-35(33)45(48,49)50)53(21-26-7-14-31(57-5)15-8-26)22-27-9-16-32(58-6)17-10-27/h7-10,13-20,29-30H,11-12,21-24H2,1-6H3/t29-,30+. The number of amides is 1. The number of ether oxygens (including phenoxy) is 3. The number of aromatic nitrogens is 2. The number of piperazine rings is 1. The lowest BCUT2D eigenvalue weighted by molar-refractivity contribution is -0.137. The summed E-state index contributed by atoms with van der Waals surface area (Å²) < 4.78 is 85.4. The van der Waals surface area contributed by atoms with Gasteiger partial charge in [0, 0.05) is 42.8 Å². The fourth-order valence-electron chi connectivity index (χ4n) is 8.42. The molecule has 6 aromatic rings. The number of anilines is 2. The first-order valence-corrected chi connectivity index (χ1v) is 20.0. The minimum Gasteiger partial charge on any atom is -0.497 e. The number of rotatable bonds is 9. The van der Waals surface area contributed by atoms with Gasteiger partial charge < -0.3 is 28.4 Å². The Bertz CT molecular complexity index is 2510. The number of halogens is 5. The Morgan fingerprint density at radius 1 is 0.883 bits per heavy atom. The van der Waals surface area contributed by atoms with Crippen LogP contribution in [0.1, 0.15) is 56.1 Å². The van der Waals surface area contributed by atoms with E-state index in [2.05, 4.69) is 9.97 Å². The summed E-state index contributed by atoms with van der Waals surface area (Å²) in [6.07, 6.45) is -3.83. The quantitative estimate of drug-likeness (QED) is 0.104. The minimum atomic E-state index is -4.87. The monoisotopic (exact) mass is 845 g/mol. The van der Waals surface area contributed by atoms with Crippen LogP contribution in [0.3, 0.4) is 0 Å². The molecular weight excluding hydrogens is 802 g/mol. The lowest BCUT2D eigenvalue weighted by atomic mass is 9.94. The summed E-state index contributed by atoms with van der Waals surface area (Å²) in [5.41, 5.74) is -0.749. The Labute approximate surface area is 349 Å². The van der Waals surface area contributed by atoms with Gasteiger partial charge in [0.15, 0.2) is 5.82 Å². The molecule has 314 valence electrons. The first-order chi connectivity index (χ1) is 28.5. The van der Waals surface area contributed by atoms with Crippen LogP contribution < -0.4 is 19.3 Å². The van der Waals surface area contributed by atoms with Crippen molar-refractivity contribution in [1.82, 2.24) is 14.9 Å². The number of nitrogens with zero attached hydrogens (tertiary/aromatic N) is 5. The number of alkyl halides is 3. The second kappa shape index (κ2) is 15.7. The summed E-state index contributed by atoms with van der Waals surface area (Å²) in [6, 6.07) is 19.7. The number of carbonyl (C=O) groups excluding carboxylic acids is 1. The summed E-state index contributed by atoms with van der Waals surface area (Å²) in [6.45, 7) is 8.38. The van der Waals surface area contributed by atoms with E-state index in [1.54, 1.807) is 32.1 Å². The predicted octanol–water partition coefficient (Wildman–Crippen LogP) is 11.0. The molecule has 2 aliphatic rings. The van der Waals surface area contributed by atoms with E-state index in [4.69, 9.17) is 30.2 Å². The Balaban J connectivity index is 1.27. The zero-order valence-corrected chi connectivity index (χ0v) is 34.7. The third-order valence-corrected chi connectivity index (χ3v) is 11.2. The van der Waals surface area contributed by atoms with Crippen LogP contribution in [-0.4, -0.2) is 66.0 Å². The summed E-state index contributed by atoms with van der Waals surface area (Å²) in [5, 5.41) is 0.307. The van der Waals surface area contributed by atoms with Crippen molar-refractivity contribution < 1.29 is 41.0 Å². The van der Waals surface area contributed by atoms with Crippen LogP contribution in [0, 0.1) is 12.7 Å². The largest absolute Gasteiger partial charge is 0.497 e. The van der Waals surface area contributed by atoms with Crippen LogP contribution in [0.4, 0.5) is 33.9 Å². The zero-order chi connectivity index (χ0) is 42.7. The molecule has 0 saturated carbocycles. The van der Waals surface area contributed by atoms with Crippen molar-refractivity contribution in [2.24, 2.45) is 0 Å². The molecule has 4 aromatic carbocycles. The molecule has 2 fully saturated rings. The van der Waals surface area contributed by atoms with E-state index in [1.165, 1.54) is 12.1 Å². The van der Waals surface area contributed by atoms with E-state index in [0.29, 0.717) is 60.3 Å². The molecule has 0 aliphatic carbocycles. The molecule has 2 bridgehead atoms. The van der Waals surface area contributed by atoms with E-state index >= 15 is 17.6 Å². The molecule has 1 amide bonds. The second-order valence-corrected chi connectivity index (χ2v) is 16.6. The average molecular weight is 846 g/mol. The molecule has 0 radical (unpaired) electrons. The van der Waals surface area contributed by atoms with Gasteiger partial charge in [-0.1, -0.05) is 24.3 Å². The summed E-state index contributed by atoms with van der Waals surface area (Å²) in [7, 11) is 3.13. The van der Waals surface area contributed by atoms with Crippen molar-refractivity contribution in [3.63, 3.8) is 0 Å². The van der Waals surface area contributed by atoms with Gasteiger partial charge in [-0.25, -0.2) is 14.2 Å². The van der Waals surface area contributed by atoms with Crippen LogP contribution in [0.15, 0.2) is 77.2 Å². The van der Waals surface area contributed by atoms with E-state index < -0.39 is 40.4 Å². The highest BCUT2D eigenvalue weighted by atomic mass is 35.5. The van der Waals surface area contributed by atoms with E-state index in [1.807, 2.05) is 79.1 Å². The maximum Gasteiger partial charge on any atom is 0.417 e. The van der Waals surface area contributed by atoms with Gasteiger partial charge in [-0.15, -0.1) is 0 Å². The van der Waals surface area contributed by atoms with Gasteiger partial charge in [-0.05, 0) is 112 Å². The molecule has 0 N–H and O–H groups in total. The average Bonchev–Trinajstić information content (AvgIpc) is 3.71. The lowest BCUT2D eigenvalue weighted by Gasteiger charge is -2.42. The van der Waals surface area contributed by atoms with Gasteiger partial charge >= 0.3 is 12.3 Å². The lowest BCUT2D eigenvalue weighted by Crippen LogP contribution is -2.57. The van der Waals surface area contributed by atoms with Crippen LogP contribution >= 0.6 is 11.6 Å². The Hall–Kier alpha value is -5.76. The number of benzene rings is 4. The first-order valence-electron chi connectivity index (χ1n) is 19.6. The normalized spacial score (nSPS) is 16.8. The number of aryl methyl sites for hydroxylation is 1. The number of hydrogen-bond acceptors (Lipinski definition) is 9. The Morgan fingerprint density at radius 2 is 1.47 bits per heavy atom. The molecule has 4 heterocycles. The van der Waals surface area contributed by atoms with Crippen molar-refractivity contribution in [3.8, 4) is 22.6 Å². The molecule has 60 heavy (non-hydrogen) atoms. The summed E-state index contributed by atoms with van der Waals surface area (Å²) in [4.78, 5) is 27.8. The highest BCUT2D eigenvalue weighted by Crippen LogP contribution is 2.48. The SMILES string of the molecule is COc1ccc(CN(Cc2ccc(OC)cc2)c2ccc(C(F)(F)F)c(-c3c(F)c4nc(Cl)nc(N5C[C@H]6CC[C@@H](C5)N6C(=O)OC(C)(C)C)c4c4cc(C)oc34)c2)cc1. The highest BCUT2D eigenvalue weighted by Gasteiger charge is 2.45. The number of carbonyl (C=O) groups is 1. The topological polar surface area (TPSA) is 93.4 Å². The third-order valence-electron chi connectivity index (χ3n) is 11.0. The highest BCUT2D eigenvalue weighted by molar-refractivity contribution is 6.29. The van der Waals surface area contributed by atoms with Crippen molar-refractivity contribution in [2.45, 2.75) is 77.5 Å². The van der Waals surface area contributed by atoms with Gasteiger partial charge in [-0.2, -0.15) is 18.2 Å². The molecule has 2 saturated heterocycles. The van der Waals surface area contributed by atoms with Crippen molar-refractivity contribution in [3.05, 3.63) is 106 Å². The van der Waals surface area contributed by atoms with E-state index in [9.17, 15) is 4.79 Å². The molecule has 15 heteroatoms. The van der Waals surface area contributed by atoms with Gasteiger partial charge in [0.05, 0.1) is 42.8 Å². The Kier molecular flexibility index (Phi) is 10.7. The molecule has 10 nitrogen and oxygen atoms in total. The molecule has 2 atom stereocenters. The van der Waals surface area contributed by atoms with E-state index in [-0.39, 0.29) is 33.9 Å². The van der Waals surface area contributed by atoms with Crippen LogP contribution in [0.5, 0.6) is 11.5 Å². The summed E-state index contributed by atoms with van der Waals surface area (Å²) in [5.74, 6) is 0.928. The number of fused-ring (bicyclic) bond motifs is 5. The molecular formula is C45H44ClF4N5O5. The van der Waals surface area contributed by atoms with E-state index in [0.717, 1.165) is 30.0 Å². The maximum absolute atomic E-state index is 17.5. The smallest absolute Gasteiger partial charge is 0.417 e. The fourth-order valence-corrected chi connectivity index (χ4v) is 8.58. The zero-order valence-electron chi connectivity index (χ0n) is 34.0. The number of methoxy groups -OCH3 is 2. The van der Waals surface area contributed by atoms with Crippen LogP contribution in [0.2, 0.25) is 5.28 Å². The van der Waals surface area contributed by atoms with Gasteiger partial charge in [-0.3, -0.25) is 4.90 Å². The molecule has 0 unspecified atom stereocenters. The third kappa shape index (κ3) is 7.96. The molecule has 0 spiro atoms. The van der Waals surface area contributed by atoms with Crippen molar-refractivity contribution >= 4 is 51.1 Å². The van der Waals surface area contributed by atoms with Gasteiger partial charge in [0.1, 0.15) is 39.8 Å². The maximum atomic E-state index is 17.5. The molecule has 2 aromatic heterocycles. The molecule has 2 aliphatic heterocycles. The summed E-state index contributed by atoms with van der Waals surface area (Å²) >= 11 is 6.55. The minimum absolute atomic E-state index is 0.0838. The first kappa shape index (κ1) is 41.0. The van der Waals surface area contributed by atoms with Crippen LogP contribution in [-0.2, 0) is 24.0 Å². The predicted molar refractivity (Wildman–Crippen MR) is 222 cm³/mol. The second-order valence-electron chi connectivity index (χ2n) is 16.3. The van der Waals surface area contributed by atoms with Crippen molar-refractivity contribution in [1.29, 1.82) is 0 Å². The fraction of sp³-hybridized carbons (Fsp3) is 0.356. The number of furan rings is 1. The Morgan fingerprint density at radius 3 is 2.00 bits per heavy atom. The molecule has 8 rings (SSSR count). The van der Waals surface area contributed by atoms with Gasteiger partial charge in [0.2, 0.25) is 5.28 Å². The number of hydrogen-bond donors (Lipinski definition) is 0. The van der Waals surface area contributed by atoms with Crippen molar-refractivity contribution in [2.75, 3.05) is 37.1 Å². The van der Waals surface area contributed by atoms with Crippen LogP contribution in [0.25, 0.3) is 33.0 Å². The van der Waals surface area contributed by atoms with Gasteiger partial charge in [0.25, 0.3) is 0 Å².